The zero-order valence-electron chi connectivity index (χ0n) is 16.1. The number of alkyl halides is 3. The number of nitro groups is 1. The van der Waals surface area contributed by atoms with Crippen LogP contribution in [0, 0.1) is 10.1 Å². The number of hydrogen-bond donors (Lipinski definition) is 0. The van der Waals surface area contributed by atoms with Crippen LogP contribution in [0.2, 0.25) is 0 Å². The Morgan fingerprint density at radius 2 is 2.12 bits per heavy atom. The van der Waals surface area contributed by atoms with Crippen molar-refractivity contribution in [3.63, 3.8) is 0 Å². The van der Waals surface area contributed by atoms with E-state index in [-0.39, 0.29) is 0 Å². The molecule has 166 valence electrons. The third-order valence-corrected chi connectivity index (χ3v) is 5.59. The maximum Gasteiger partial charge on any atom is 0.420 e. The van der Waals surface area contributed by atoms with Crippen LogP contribution in [-0.2, 0) is 11.0 Å². The number of nitrogens with zero attached hydrogens (tertiary/aromatic N) is 3. The number of ether oxygens (including phenoxy) is 1. The standard InChI is InChI=1S/C20H14F3N3O5S/c21-20(22,23)13-9-12(26(28)29)5-6-16(13)31-11-19(27)25-15(17-3-1-7-30-17)10-14(24-25)18-4-2-8-32-18/h1-9,15H,10-11H2. The van der Waals surface area contributed by atoms with Gasteiger partial charge in [-0.25, -0.2) is 5.01 Å². The van der Waals surface area contributed by atoms with Crippen molar-refractivity contribution in [3.05, 3.63) is 80.4 Å². The van der Waals surface area contributed by atoms with Crippen molar-refractivity contribution in [3.8, 4) is 5.75 Å². The number of hydrogen-bond acceptors (Lipinski definition) is 7. The smallest absolute Gasteiger partial charge is 0.420 e. The first-order valence-corrected chi connectivity index (χ1v) is 10.1. The van der Waals surface area contributed by atoms with Crippen LogP contribution in [0.25, 0.3) is 0 Å². The summed E-state index contributed by atoms with van der Waals surface area (Å²) in [6.45, 7) is -0.751. The second kappa shape index (κ2) is 8.46. The molecular weight excluding hydrogens is 451 g/mol. The van der Waals surface area contributed by atoms with Crippen LogP contribution >= 0.6 is 11.3 Å². The highest BCUT2D eigenvalue weighted by Crippen LogP contribution is 2.39. The first-order chi connectivity index (χ1) is 15.2. The van der Waals surface area contributed by atoms with Gasteiger partial charge in [-0.15, -0.1) is 11.3 Å². The van der Waals surface area contributed by atoms with E-state index in [1.165, 1.54) is 17.6 Å². The van der Waals surface area contributed by atoms with Gasteiger partial charge in [0, 0.05) is 18.6 Å². The first kappa shape index (κ1) is 21.6. The van der Waals surface area contributed by atoms with E-state index in [0.717, 1.165) is 22.0 Å². The monoisotopic (exact) mass is 465 g/mol. The van der Waals surface area contributed by atoms with Crippen molar-refractivity contribution in [1.29, 1.82) is 0 Å². The maximum absolute atomic E-state index is 13.3. The summed E-state index contributed by atoms with van der Waals surface area (Å²) in [7, 11) is 0. The lowest BCUT2D eigenvalue weighted by molar-refractivity contribution is -0.385. The maximum atomic E-state index is 13.3. The van der Waals surface area contributed by atoms with E-state index in [1.54, 1.807) is 12.1 Å². The van der Waals surface area contributed by atoms with Crippen molar-refractivity contribution < 1.29 is 32.0 Å². The van der Waals surface area contributed by atoms with Gasteiger partial charge >= 0.3 is 6.18 Å². The molecule has 1 amide bonds. The number of nitro benzene ring substituents is 1. The number of benzene rings is 1. The van der Waals surface area contributed by atoms with Gasteiger partial charge in [0.1, 0.15) is 23.1 Å². The molecule has 0 bridgehead atoms. The summed E-state index contributed by atoms with van der Waals surface area (Å²) in [6, 6.07) is 8.52. The van der Waals surface area contributed by atoms with Gasteiger partial charge in [0.25, 0.3) is 11.6 Å². The predicted octanol–water partition coefficient (Wildman–Crippen LogP) is 5.02. The zero-order valence-corrected chi connectivity index (χ0v) is 16.9. The molecule has 0 saturated carbocycles. The topological polar surface area (TPSA) is 98.2 Å². The number of halogens is 3. The summed E-state index contributed by atoms with van der Waals surface area (Å²) < 4.78 is 50.6. The Hall–Kier alpha value is -3.67. The van der Waals surface area contributed by atoms with Crippen LogP contribution in [0.5, 0.6) is 5.75 Å². The minimum atomic E-state index is -4.90. The Labute approximate surface area is 182 Å². The molecule has 0 saturated heterocycles. The molecule has 0 spiro atoms. The van der Waals surface area contributed by atoms with Crippen LogP contribution < -0.4 is 4.74 Å². The quantitative estimate of drug-likeness (QED) is 0.376. The van der Waals surface area contributed by atoms with E-state index in [0.29, 0.717) is 24.0 Å². The Bertz CT molecular complexity index is 1160. The van der Waals surface area contributed by atoms with E-state index in [9.17, 15) is 28.1 Å². The molecule has 32 heavy (non-hydrogen) atoms. The Kier molecular flexibility index (Phi) is 5.70. The average molecular weight is 465 g/mol. The van der Waals surface area contributed by atoms with Crippen LogP contribution in [0.1, 0.15) is 28.7 Å². The third kappa shape index (κ3) is 4.35. The minimum Gasteiger partial charge on any atom is -0.483 e. The van der Waals surface area contributed by atoms with Gasteiger partial charge in [-0.2, -0.15) is 18.3 Å². The molecule has 1 unspecified atom stereocenters. The number of carbonyl (C=O) groups is 1. The minimum absolute atomic E-state index is 0.366. The molecule has 1 atom stereocenters. The summed E-state index contributed by atoms with van der Waals surface area (Å²) in [5.41, 5.74) is -1.44. The predicted molar refractivity (Wildman–Crippen MR) is 107 cm³/mol. The number of hydrazone groups is 1. The summed E-state index contributed by atoms with van der Waals surface area (Å²) in [5.74, 6) is -0.905. The van der Waals surface area contributed by atoms with Crippen molar-refractivity contribution in [2.24, 2.45) is 5.10 Å². The summed E-state index contributed by atoms with van der Waals surface area (Å²) in [6.07, 6.45) is -3.09. The van der Waals surface area contributed by atoms with Crippen LogP contribution in [0.15, 0.2) is 63.6 Å². The zero-order chi connectivity index (χ0) is 22.9. The fraction of sp³-hybridized carbons (Fsp3) is 0.200. The highest BCUT2D eigenvalue weighted by Gasteiger charge is 2.38. The lowest BCUT2D eigenvalue weighted by Crippen LogP contribution is -2.31. The summed E-state index contributed by atoms with van der Waals surface area (Å²) >= 11 is 1.44. The van der Waals surface area contributed by atoms with Crippen LogP contribution in [0.3, 0.4) is 0 Å². The Balaban J connectivity index is 1.57. The van der Waals surface area contributed by atoms with Gasteiger partial charge in [0.05, 0.1) is 21.8 Å². The molecule has 3 aromatic rings. The molecule has 0 aliphatic carbocycles. The summed E-state index contributed by atoms with van der Waals surface area (Å²) in [5, 5.41) is 18.2. The van der Waals surface area contributed by atoms with Crippen LogP contribution in [-0.4, -0.2) is 28.2 Å². The molecule has 0 N–H and O–H groups in total. The van der Waals surface area contributed by atoms with Crippen molar-refractivity contribution in [1.82, 2.24) is 5.01 Å². The molecule has 1 aromatic carbocycles. The molecule has 0 radical (unpaired) electrons. The van der Waals surface area contributed by atoms with E-state index in [4.69, 9.17) is 9.15 Å². The number of thiophene rings is 1. The number of non-ortho nitro benzene ring substituents is 1. The summed E-state index contributed by atoms with van der Waals surface area (Å²) in [4.78, 5) is 23.6. The third-order valence-electron chi connectivity index (χ3n) is 4.67. The molecular formula is C20H14F3N3O5S. The SMILES string of the molecule is O=C(COc1ccc([N+](=O)[O-])cc1C(F)(F)F)N1N=C(c2cccs2)CC1c1ccco1. The van der Waals surface area contributed by atoms with Crippen molar-refractivity contribution in [2.45, 2.75) is 18.6 Å². The molecule has 2 aromatic heterocycles. The van der Waals surface area contributed by atoms with E-state index in [1.807, 2.05) is 17.5 Å². The fourth-order valence-corrected chi connectivity index (χ4v) is 3.94. The molecule has 12 heteroatoms. The molecule has 4 rings (SSSR count). The highest BCUT2D eigenvalue weighted by atomic mass is 32.1. The van der Waals surface area contributed by atoms with Gasteiger partial charge in [0.15, 0.2) is 6.61 Å². The number of rotatable bonds is 6. The molecule has 0 fully saturated rings. The van der Waals surface area contributed by atoms with Gasteiger partial charge in [-0.05, 0) is 29.6 Å². The second-order valence-electron chi connectivity index (χ2n) is 6.72. The Morgan fingerprint density at radius 1 is 1.31 bits per heavy atom. The lowest BCUT2D eigenvalue weighted by Gasteiger charge is -2.20. The van der Waals surface area contributed by atoms with E-state index in [2.05, 4.69) is 5.10 Å². The van der Waals surface area contributed by atoms with Crippen LogP contribution in [0.4, 0.5) is 18.9 Å². The van der Waals surface area contributed by atoms with Gasteiger partial charge < -0.3 is 9.15 Å². The lowest BCUT2D eigenvalue weighted by atomic mass is 10.1. The molecule has 3 heterocycles. The normalized spacial score (nSPS) is 16.2. The average Bonchev–Trinajstić information content (AvgIpc) is 3.51. The molecule has 1 aliphatic heterocycles. The van der Waals surface area contributed by atoms with Gasteiger partial charge in [-0.1, -0.05) is 6.07 Å². The van der Waals surface area contributed by atoms with Gasteiger partial charge in [0.2, 0.25) is 0 Å². The number of furan rings is 1. The largest absolute Gasteiger partial charge is 0.483 e. The molecule has 8 nitrogen and oxygen atoms in total. The number of carbonyl (C=O) groups excluding carboxylic acids is 1. The highest BCUT2D eigenvalue weighted by molar-refractivity contribution is 7.12. The van der Waals surface area contributed by atoms with Crippen molar-refractivity contribution >= 4 is 28.6 Å². The number of amides is 1. The Morgan fingerprint density at radius 3 is 2.75 bits per heavy atom. The second-order valence-corrected chi connectivity index (χ2v) is 7.67. The van der Waals surface area contributed by atoms with E-state index >= 15 is 0 Å². The van der Waals surface area contributed by atoms with E-state index < -0.39 is 46.7 Å². The fourth-order valence-electron chi connectivity index (χ4n) is 3.22. The van der Waals surface area contributed by atoms with Gasteiger partial charge in [-0.3, -0.25) is 14.9 Å². The van der Waals surface area contributed by atoms with Crippen molar-refractivity contribution in [2.75, 3.05) is 6.61 Å². The molecule has 1 aliphatic rings. The first-order valence-electron chi connectivity index (χ1n) is 9.19.